The molecule has 2 aromatic rings. The fraction of sp³-hybridized carbons (Fsp3) is 0.267. The minimum atomic E-state index is -3.69. The highest BCUT2D eigenvalue weighted by atomic mass is 32.2. The highest BCUT2D eigenvalue weighted by molar-refractivity contribution is 7.92. The van der Waals surface area contributed by atoms with Crippen LogP contribution in [0.3, 0.4) is 0 Å². The lowest BCUT2D eigenvalue weighted by Gasteiger charge is -2.16. The third-order valence-corrected chi connectivity index (χ3v) is 4.56. The van der Waals surface area contributed by atoms with Crippen LogP contribution in [0, 0.1) is 0 Å². The number of anilines is 2. The number of nitrogens with zero attached hydrogens (tertiary/aromatic N) is 1. The first-order valence-electron chi connectivity index (χ1n) is 6.69. The molecule has 0 unspecified atom stereocenters. The largest absolute Gasteiger partial charge is 0.387 e. The van der Waals surface area contributed by atoms with Gasteiger partial charge in [0, 0.05) is 19.4 Å². The summed E-state index contributed by atoms with van der Waals surface area (Å²) in [6, 6.07) is 9.03. The average molecular weight is 305 g/mol. The standard InChI is InChI=1S/C15H19N3O2S/c1-11(2)12-6-4-5-7-13(12)18-21(19,20)15-10-17-9-8-14(15)16-3/h4-11,18H,1-3H3,(H,16,17). The maximum absolute atomic E-state index is 12.6. The lowest BCUT2D eigenvalue weighted by Crippen LogP contribution is -2.16. The molecule has 2 rings (SSSR count). The van der Waals surface area contributed by atoms with Crippen LogP contribution < -0.4 is 10.0 Å². The van der Waals surface area contributed by atoms with Crippen molar-refractivity contribution in [3.63, 3.8) is 0 Å². The molecule has 6 heteroatoms. The topological polar surface area (TPSA) is 71.1 Å². The summed E-state index contributed by atoms with van der Waals surface area (Å²) in [6.45, 7) is 4.05. The van der Waals surface area contributed by atoms with E-state index < -0.39 is 10.0 Å². The van der Waals surface area contributed by atoms with Crippen LogP contribution in [-0.2, 0) is 10.0 Å². The Bertz CT molecular complexity index is 727. The second-order valence-electron chi connectivity index (χ2n) is 4.97. The molecule has 1 heterocycles. The maximum atomic E-state index is 12.6. The van der Waals surface area contributed by atoms with Crippen LogP contribution in [0.4, 0.5) is 11.4 Å². The van der Waals surface area contributed by atoms with E-state index in [9.17, 15) is 8.42 Å². The first-order chi connectivity index (χ1) is 9.95. The number of pyridine rings is 1. The summed E-state index contributed by atoms with van der Waals surface area (Å²) in [7, 11) is -2.01. The Kier molecular flexibility index (Phi) is 4.47. The molecular weight excluding hydrogens is 286 g/mol. The molecule has 0 bridgehead atoms. The number of hydrogen-bond acceptors (Lipinski definition) is 4. The predicted octanol–water partition coefficient (Wildman–Crippen LogP) is 3.05. The first kappa shape index (κ1) is 15.3. The summed E-state index contributed by atoms with van der Waals surface area (Å²) < 4.78 is 27.8. The number of benzene rings is 1. The number of hydrogen-bond donors (Lipinski definition) is 2. The van der Waals surface area contributed by atoms with Crippen molar-refractivity contribution >= 4 is 21.4 Å². The molecule has 0 aliphatic heterocycles. The number of rotatable bonds is 5. The van der Waals surface area contributed by atoms with Gasteiger partial charge < -0.3 is 5.32 Å². The Hall–Kier alpha value is -2.08. The van der Waals surface area contributed by atoms with E-state index in [0.29, 0.717) is 11.4 Å². The fourth-order valence-corrected chi connectivity index (χ4v) is 3.34. The van der Waals surface area contributed by atoms with Crippen molar-refractivity contribution in [1.29, 1.82) is 0 Å². The van der Waals surface area contributed by atoms with Crippen LogP contribution in [0.5, 0.6) is 0 Å². The monoisotopic (exact) mass is 305 g/mol. The van der Waals surface area contributed by atoms with Gasteiger partial charge in [-0.25, -0.2) is 8.42 Å². The molecule has 0 saturated heterocycles. The number of nitrogens with one attached hydrogen (secondary N) is 2. The van der Waals surface area contributed by atoms with E-state index in [0.717, 1.165) is 5.56 Å². The van der Waals surface area contributed by atoms with Crippen molar-refractivity contribution in [3.05, 3.63) is 48.3 Å². The van der Waals surface area contributed by atoms with Gasteiger partial charge in [-0.2, -0.15) is 0 Å². The van der Waals surface area contributed by atoms with Gasteiger partial charge in [0.1, 0.15) is 4.90 Å². The van der Waals surface area contributed by atoms with Crippen molar-refractivity contribution in [2.24, 2.45) is 0 Å². The normalized spacial score (nSPS) is 11.4. The van der Waals surface area contributed by atoms with Gasteiger partial charge in [-0.1, -0.05) is 32.0 Å². The van der Waals surface area contributed by atoms with Gasteiger partial charge >= 0.3 is 0 Å². The molecule has 0 spiro atoms. The molecule has 5 nitrogen and oxygen atoms in total. The minimum Gasteiger partial charge on any atom is -0.387 e. The van der Waals surface area contributed by atoms with Crippen LogP contribution in [-0.4, -0.2) is 20.4 Å². The predicted molar refractivity (Wildman–Crippen MR) is 85.1 cm³/mol. The van der Waals surface area contributed by atoms with E-state index >= 15 is 0 Å². The number of para-hydroxylation sites is 1. The van der Waals surface area contributed by atoms with E-state index in [1.54, 1.807) is 25.4 Å². The summed E-state index contributed by atoms with van der Waals surface area (Å²) in [4.78, 5) is 4.03. The molecule has 0 aliphatic carbocycles. The van der Waals surface area contributed by atoms with Gasteiger partial charge in [0.15, 0.2) is 0 Å². The molecular formula is C15H19N3O2S. The Balaban J connectivity index is 2.43. The van der Waals surface area contributed by atoms with Gasteiger partial charge in [0.25, 0.3) is 10.0 Å². The van der Waals surface area contributed by atoms with E-state index in [1.165, 1.54) is 6.20 Å². The molecule has 0 saturated carbocycles. The van der Waals surface area contributed by atoms with Gasteiger partial charge in [0.05, 0.1) is 11.4 Å². The third kappa shape index (κ3) is 3.33. The van der Waals surface area contributed by atoms with Crippen molar-refractivity contribution in [1.82, 2.24) is 4.98 Å². The lowest BCUT2D eigenvalue weighted by molar-refractivity contribution is 0.601. The zero-order valence-corrected chi connectivity index (χ0v) is 13.1. The third-order valence-electron chi connectivity index (χ3n) is 3.17. The molecule has 0 fully saturated rings. The van der Waals surface area contributed by atoms with E-state index in [4.69, 9.17) is 0 Å². The molecule has 0 aliphatic rings. The van der Waals surface area contributed by atoms with Gasteiger partial charge in [0.2, 0.25) is 0 Å². The summed E-state index contributed by atoms with van der Waals surface area (Å²) in [5.41, 5.74) is 2.06. The second-order valence-corrected chi connectivity index (χ2v) is 6.62. The highest BCUT2D eigenvalue weighted by Gasteiger charge is 2.20. The number of sulfonamides is 1. The van der Waals surface area contributed by atoms with Gasteiger partial charge in [-0.15, -0.1) is 0 Å². The molecule has 2 N–H and O–H groups in total. The smallest absolute Gasteiger partial charge is 0.265 e. The van der Waals surface area contributed by atoms with Crippen molar-refractivity contribution in [3.8, 4) is 0 Å². The SMILES string of the molecule is CNc1ccncc1S(=O)(=O)Nc1ccccc1C(C)C. The van der Waals surface area contributed by atoms with E-state index in [2.05, 4.69) is 15.0 Å². The van der Waals surface area contributed by atoms with E-state index in [-0.39, 0.29) is 10.8 Å². The molecule has 0 amide bonds. The van der Waals surface area contributed by atoms with Crippen molar-refractivity contribution in [2.45, 2.75) is 24.7 Å². The van der Waals surface area contributed by atoms with Crippen LogP contribution in [0.2, 0.25) is 0 Å². The second kappa shape index (κ2) is 6.13. The first-order valence-corrected chi connectivity index (χ1v) is 8.17. The van der Waals surface area contributed by atoms with Gasteiger partial charge in [-0.3, -0.25) is 9.71 Å². The fourth-order valence-electron chi connectivity index (χ4n) is 2.09. The molecule has 0 radical (unpaired) electrons. The average Bonchev–Trinajstić information content (AvgIpc) is 2.47. The Morgan fingerprint density at radius 2 is 1.81 bits per heavy atom. The Morgan fingerprint density at radius 3 is 2.48 bits per heavy atom. The summed E-state index contributed by atoms with van der Waals surface area (Å²) in [5, 5.41) is 2.87. The lowest BCUT2D eigenvalue weighted by atomic mass is 10.0. The van der Waals surface area contributed by atoms with Crippen molar-refractivity contribution < 1.29 is 8.42 Å². The molecule has 1 aromatic carbocycles. The van der Waals surface area contributed by atoms with Crippen LogP contribution in [0.15, 0.2) is 47.6 Å². The zero-order valence-electron chi connectivity index (χ0n) is 12.3. The molecule has 112 valence electrons. The Morgan fingerprint density at radius 1 is 1.10 bits per heavy atom. The molecule has 1 aromatic heterocycles. The van der Waals surface area contributed by atoms with Crippen molar-refractivity contribution in [2.75, 3.05) is 17.1 Å². The Labute approximate surface area is 125 Å². The number of aromatic nitrogens is 1. The van der Waals surface area contributed by atoms with Crippen LogP contribution in [0.25, 0.3) is 0 Å². The molecule has 21 heavy (non-hydrogen) atoms. The van der Waals surface area contributed by atoms with Gasteiger partial charge in [-0.05, 0) is 23.6 Å². The van der Waals surface area contributed by atoms with E-state index in [1.807, 2.05) is 32.0 Å². The summed E-state index contributed by atoms with van der Waals surface area (Å²) in [6.07, 6.45) is 2.89. The highest BCUT2D eigenvalue weighted by Crippen LogP contribution is 2.27. The van der Waals surface area contributed by atoms with Crippen LogP contribution >= 0.6 is 0 Å². The maximum Gasteiger partial charge on any atom is 0.265 e. The summed E-state index contributed by atoms with van der Waals surface area (Å²) >= 11 is 0. The quantitative estimate of drug-likeness (QED) is 0.890. The zero-order chi connectivity index (χ0) is 15.5. The minimum absolute atomic E-state index is 0.131. The van der Waals surface area contributed by atoms with Crippen LogP contribution in [0.1, 0.15) is 25.3 Å². The molecule has 0 atom stereocenters. The summed E-state index contributed by atoms with van der Waals surface area (Å²) in [5.74, 6) is 0.224.